The molecule has 3 rings (SSSR count). The summed E-state index contributed by atoms with van der Waals surface area (Å²) in [5, 5.41) is 10.3. The Morgan fingerprint density at radius 1 is 1.24 bits per heavy atom. The molecule has 1 aliphatic rings. The van der Waals surface area contributed by atoms with Crippen molar-refractivity contribution in [2.45, 2.75) is 58.7 Å². The average molecular weight is 528 g/mol. The lowest BCUT2D eigenvalue weighted by molar-refractivity contribution is 0.198. The van der Waals surface area contributed by atoms with Crippen LogP contribution >= 0.6 is 35.3 Å². The molecule has 0 amide bonds. The largest absolute Gasteiger partial charge is 0.357 e. The molecule has 29 heavy (non-hydrogen) atoms. The number of piperidine rings is 1. The predicted molar refractivity (Wildman–Crippen MR) is 134 cm³/mol. The molecule has 1 aliphatic heterocycles. The molecule has 0 aliphatic carbocycles. The van der Waals surface area contributed by atoms with Gasteiger partial charge in [-0.3, -0.25) is 4.90 Å². The van der Waals surface area contributed by atoms with Crippen molar-refractivity contribution in [2.75, 3.05) is 19.6 Å². The number of benzene rings is 1. The summed E-state index contributed by atoms with van der Waals surface area (Å²) in [5.41, 5.74) is 2.46. The van der Waals surface area contributed by atoms with E-state index in [1.807, 2.05) is 0 Å². The molecule has 2 heterocycles. The van der Waals surface area contributed by atoms with Gasteiger partial charge in [-0.25, -0.2) is 9.98 Å². The van der Waals surface area contributed by atoms with Crippen molar-refractivity contribution in [3.05, 3.63) is 52.0 Å². The van der Waals surface area contributed by atoms with Crippen LogP contribution in [0.25, 0.3) is 0 Å². The molecule has 0 atom stereocenters. The third-order valence-corrected chi connectivity index (χ3v) is 6.18. The summed E-state index contributed by atoms with van der Waals surface area (Å²) in [6, 6.07) is 11.2. The molecule has 0 spiro atoms. The highest BCUT2D eigenvalue weighted by Crippen LogP contribution is 2.19. The van der Waals surface area contributed by atoms with Crippen LogP contribution in [0.3, 0.4) is 0 Å². The van der Waals surface area contributed by atoms with Gasteiger partial charge >= 0.3 is 0 Å². The molecule has 0 bridgehead atoms. The van der Waals surface area contributed by atoms with Crippen molar-refractivity contribution in [2.24, 2.45) is 4.99 Å². The van der Waals surface area contributed by atoms with E-state index in [1.165, 1.54) is 10.6 Å². The van der Waals surface area contributed by atoms with Crippen molar-refractivity contribution < 1.29 is 0 Å². The number of halogens is 1. The minimum atomic E-state index is 0. The molecule has 0 radical (unpaired) electrons. The van der Waals surface area contributed by atoms with E-state index < -0.39 is 0 Å². The fourth-order valence-corrected chi connectivity index (χ4v) is 4.24. The quantitative estimate of drug-likeness (QED) is 0.314. The first kappa shape index (κ1) is 24.1. The number of aliphatic imine (C=N–C) groups is 1. The molecule has 0 saturated carbocycles. The van der Waals surface area contributed by atoms with Gasteiger partial charge in [-0.05, 0) is 25.3 Å². The number of hydrogen-bond acceptors (Lipinski definition) is 4. The van der Waals surface area contributed by atoms with Crippen molar-refractivity contribution >= 4 is 41.3 Å². The van der Waals surface area contributed by atoms with Crippen LogP contribution < -0.4 is 10.6 Å². The minimum Gasteiger partial charge on any atom is -0.357 e. The van der Waals surface area contributed by atoms with Gasteiger partial charge in [0.2, 0.25) is 0 Å². The fourth-order valence-electron chi connectivity index (χ4n) is 3.41. The number of nitrogens with one attached hydrogen (secondary N) is 2. The lowest BCUT2D eigenvalue weighted by Gasteiger charge is -2.33. The number of nitrogens with zero attached hydrogens (tertiary/aromatic N) is 3. The van der Waals surface area contributed by atoms with Crippen molar-refractivity contribution in [3.8, 4) is 0 Å². The van der Waals surface area contributed by atoms with Gasteiger partial charge in [0.05, 0.1) is 17.2 Å². The normalized spacial score (nSPS) is 15.9. The van der Waals surface area contributed by atoms with Gasteiger partial charge < -0.3 is 10.6 Å². The first-order valence-electron chi connectivity index (χ1n) is 10.4. The fraction of sp³-hybridized carbons (Fsp3) is 0.545. The molecule has 5 nitrogen and oxygen atoms in total. The third kappa shape index (κ3) is 7.86. The summed E-state index contributed by atoms with van der Waals surface area (Å²) in [7, 11) is 0. The number of rotatable bonds is 7. The van der Waals surface area contributed by atoms with Gasteiger partial charge in [0, 0.05) is 43.5 Å². The second-order valence-electron chi connectivity index (χ2n) is 7.71. The molecular formula is C22H34IN5S. The molecule has 2 aromatic rings. The van der Waals surface area contributed by atoms with Crippen LogP contribution in [0.2, 0.25) is 0 Å². The third-order valence-electron chi connectivity index (χ3n) is 4.98. The molecular weight excluding hydrogens is 493 g/mol. The van der Waals surface area contributed by atoms with E-state index >= 15 is 0 Å². The van der Waals surface area contributed by atoms with E-state index in [0.717, 1.165) is 50.7 Å². The van der Waals surface area contributed by atoms with E-state index in [1.54, 1.807) is 11.3 Å². The lowest BCUT2D eigenvalue weighted by atomic mass is 10.0. The number of thiazole rings is 1. The van der Waals surface area contributed by atoms with Gasteiger partial charge in [0.15, 0.2) is 5.96 Å². The topological polar surface area (TPSA) is 52.6 Å². The summed E-state index contributed by atoms with van der Waals surface area (Å²) < 4.78 is 0. The first-order chi connectivity index (χ1) is 13.6. The Bertz CT molecular complexity index is 739. The van der Waals surface area contributed by atoms with Crippen LogP contribution in [0.15, 0.2) is 40.7 Å². The standard InChI is InChI=1S/C22H33N5S.HI/c1-4-23-22(24-14-20-16-28-21(25-20)17(2)3)26-19-10-12-27(13-11-19)15-18-8-6-5-7-9-18;/h5-9,16-17,19H,4,10-15H2,1-3H3,(H2,23,24,26);1H. The molecule has 0 unspecified atom stereocenters. The molecule has 1 fully saturated rings. The highest BCUT2D eigenvalue weighted by Gasteiger charge is 2.20. The van der Waals surface area contributed by atoms with Crippen LogP contribution in [-0.4, -0.2) is 41.5 Å². The van der Waals surface area contributed by atoms with Gasteiger partial charge in [-0.15, -0.1) is 35.3 Å². The van der Waals surface area contributed by atoms with Crippen LogP contribution in [-0.2, 0) is 13.1 Å². The maximum atomic E-state index is 4.76. The molecule has 1 aromatic carbocycles. The monoisotopic (exact) mass is 527 g/mol. The maximum absolute atomic E-state index is 4.76. The van der Waals surface area contributed by atoms with Crippen LogP contribution in [0.5, 0.6) is 0 Å². The second-order valence-corrected chi connectivity index (χ2v) is 8.60. The summed E-state index contributed by atoms with van der Waals surface area (Å²) >= 11 is 1.73. The first-order valence-corrected chi connectivity index (χ1v) is 11.3. The van der Waals surface area contributed by atoms with Crippen molar-refractivity contribution in [1.82, 2.24) is 20.5 Å². The summed E-state index contributed by atoms with van der Waals surface area (Å²) in [5.74, 6) is 1.39. The zero-order valence-corrected chi connectivity index (χ0v) is 20.9. The zero-order valence-electron chi connectivity index (χ0n) is 17.7. The van der Waals surface area contributed by atoms with Crippen LogP contribution in [0.4, 0.5) is 0 Å². The zero-order chi connectivity index (χ0) is 19.8. The molecule has 1 saturated heterocycles. The number of hydrogen-bond donors (Lipinski definition) is 2. The number of likely N-dealkylation sites (tertiary alicyclic amines) is 1. The Hall–Kier alpha value is -1.19. The number of guanidine groups is 1. The van der Waals surface area contributed by atoms with Crippen molar-refractivity contribution in [1.29, 1.82) is 0 Å². The molecule has 2 N–H and O–H groups in total. The van der Waals surface area contributed by atoms with E-state index in [2.05, 4.69) is 77.0 Å². The van der Waals surface area contributed by atoms with Crippen LogP contribution in [0.1, 0.15) is 55.8 Å². The maximum Gasteiger partial charge on any atom is 0.191 e. The smallest absolute Gasteiger partial charge is 0.191 e. The van der Waals surface area contributed by atoms with E-state index in [0.29, 0.717) is 18.5 Å². The van der Waals surface area contributed by atoms with E-state index in [9.17, 15) is 0 Å². The molecule has 160 valence electrons. The Labute approximate surface area is 196 Å². The van der Waals surface area contributed by atoms with Gasteiger partial charge in [-0.1, -0.05) is 44.2 Å². The summed E-state index contributed by atoms with van der Waals surface area (Å²) in [6.45, 7) is 11.3. The van der Waals surface area contributed by atoms with Crippen LogP contribution in [0, 0.1) is 0 Å². The highest BCUT2D eigenvalue weighted by molar-refractivity contribution is 14.0. The summed E-state index contributed by atoms with van der Waals surface area (Å²) in [6.07, 6.45) is 2.29. The van der Waals surface area contributed by atoms with Crippen molar-refractivity contribution in [3.63, 3.8) is 0 Å². The Kier molecular flexibility index (Phi) is 10.4. The highest BCUT2D eigenvalue weighted by atomic mass is 127. The molecule has 7 heteroatoms. The summed E-state index contributed by atoms with van der Waals surface area (Å²) in [4.78, 5) is 12.0. The average Bonchev–Trinajstić information content (AvgIpc) is 3.18. The number of aromatic nitrogens is 1. The van der Waals surface area contributed by atoms with Gasteiger partial charge in [-0.2, -0.15) is 0 Å². The van der Waals surface area contributed by atoms with E-state index in [-0.39, 0.29) is 24.0 Å². The Morgan fingerprint density at radius 3 is 2.59 bits per heavy atom. The SMILES string of the molecule is CCNC(=NCc1csc(C(C)C)n1)NC1CCN(Cc2ccccc2)CC1.I. The second kappa shape index (κ2) is 12.5. The minimum absolute atomic E-state index is 0. The molecule has 1 aromatic heterocycles. The van der Waals surface area contributed by atoms with E-state index in [4.69, 9.17) is 4.99 Å². The Morgan fingerprint density at radius 2 is 1.97 bits per heavy atom. The lowest BCUT2D eigenvalue weighted by Crippen LogP contribution is -2.48. The Balaban J connectivity index is 0.00000300. The predicted octanol–water partition coefficient (Wildman–Crippen LogP) is 4.60. The van der Waals surface area contributed by atoms with Gasteiger partial charge in [0.1, 0.15) is 0 Å². The van der Waals surface area contributed by atoms with Gasteiger partial charge in [0.25, 0.3) is 0 Å².